The average molecular weight is 498 g/mol. The Morgan fingerprint density at radius 1 is 1.20 bits per heavy atom. The average Bonchev–Trinajstić information content (AvgIpc) is 3.36. The fourth-order valence-electron chi connectivity index (χ4n) is 4.41. The van der Waals surface area contributed by atoms with Gasteiger partial charge in [-0.25, -0.2) is 4.98 Å². The first-order valence-corrected chi connectivity index (χ1v) is 13.5. The van der Waals surface area contributed by atoms with Crippen molar-refractivity contribution in [1.82, 2.24) is 24.8 Å². The minimum atomic E-state index is -0.154. The molecule has 4 rings (SSSR count). The molecule has 1 aromatic carbocycles. The first kappa shape index (κ1) is 25.4. The monoisotopic (exact) mass is 497 g/mol. The van der Waals surface area contributed by atoms with Crippen LogP contribution in [0.3, 0.4) is 0 Å². The van der Waals surface area contributed by atoms with Crippen LogP contribution in [0.4, 0.5) is 10.9 Å². The second kappa shape index (κ2) is 11.0. The van der Waals surface area contributed by atoms with Crippen molar-refractivity contribution < 1.29 is 4.79 Å². The number of nitrogens with zero attached hydrogens (tertiary/aromatic N) is 5. The van der Waals surface area contributed by atoms with Crippen LogP contribution in [0.1, 0.15) is 52.0 Å². The maximum atomic E-state index is 12.5. The molecule has 0 spiro atoms. The van der Waals surface area contributed by atoms with E-state index in [0.29, 0.717) is 6.54 Å². The maximum absolute atomic E-state index is 12.5. The molecule has 2 N–H and O–H groups in total. The summed E-state index contributed by atoms with van der Waals surface area (Å²) in [5.74, 6) is 0.892. The number of benzene rings is 1. The number of carbonyl (C=O) groups excluding carboxylic acids is 1. The lowest BCUT2D eigenvalue weighted by atomic mass is 10.1. The van der Waals surface area contributed by atoms with E-state index in [-0.39, 0.29) is 18.0 Å². The van der Waals surface area contributed by atoms with Gasteiger partial charge < -0.3 is 20.4 Å². The fourth-order valence-corrected chi connectivity index (χ4v) is 5.27. The Labute approximate surface area is 212 Å². The van der Waals surface area contributed by atoms with E-state index in [2.05, 4.69) is 67.5 Å². The third-order valence-electron chi connectivity index (χ3n) is 6.11. The molecule has 1 aliphatic heterocycles. The Balaban J connectivity index is 1.42. The zero-order valence-corrected chi connectivity index (χ0v) is 22.5. The highest BCUT2D eigenvalue weighted by Gasteiger charge is 2.23. The minimum absolute atomic E-state index is 0.0208. The van der Waals surface area contributed by atoms with Crippen molar-refractivity contribution >= 4 is 33.2 Å². The van der Waals surface area contributed by atoms with Gasteiger partial charge in [-0.3, -0.25) is 4.79 Å². The van der Waals surface area contributed by atoms with Crippen molar-refractivity contribution in [2.24, 2.45) is 0 Å². The second-order valence-corrected chi connectivity index (χ2v) is 11.5. The first-order chi connectivity index (χ1) is 16.7. The van der Waals surface area contributed by atoms with E-state index in [1.807, 2.05) is 16.5 Å². The molecule has 1 aliphatic rings. The van der Waals surface area contributed by atoms with E-state index >= 15 is 0 Å². The fraction of sp³-hybridized carbons (Fsp3) is 0.577. The van der Waals surface area contributed by atoms with Crippen LogP contribution in [0.2, 0.25) is 0 Å². The Morgan fingerprint density at radius 3 is 2.69 bits per heavy atom. The van der Waals surface area contributed by atoms with Gasteiger partial charge in [0.25, 0.3) is 0 Å². The molecule has 1 amide bonds. The van der Waals surface area contributed by atoms with E-state index in [4.69, 9.17) is 10.1 Å². The molecular formula is C26H39N7OS. The number of hydrogen-bond acceptors (Lipinski definition) is 7. The number of imidazole rings is 1. The van der Waals surface area contributed by atoms with Gasteiger partial charge in [0.2, 0.25) is 16.0 Å². The molecule has 9 heteroatoms. The first-order valence-electron chi connectivity index (χ1n) is 12.6. The molecule has 0 bridgehead atoms. The Bertz CT molecular complexity index is 1140. The minimum Gasteiger partial charge on any atom is -0.364 e. The van der Waals surface area contributed by atoms with Crippen molar-refractivity contribution in [2.75, 3.05) is 50.0 Å². The van der Waals surface area contributed by atoms with Crippen molar-refractivity contribution in [3.8, 4) is 11.3 Å². The number of carbonyl (C=O) groups is 1. The Hall–Kier alpha value is -2.65. The molecule has 0 aliphatic carbocycles. The molecule has 190 valence electrons. The van der Waals surface area contributed by atoms with Crippen molar-refractivity contribution in [3.63, 3.8) is 0 Å². The zero-order chi connectivity index (χ0) is 25.0. The normalized spacial score (nSPS) is 14.9. The van der Waals surface area contributed by atoms with Crippen molar-refractivity contribution in [1.29, 1.82) is 0 Å². The van der Waals surface area contributed by atoms with Crippen LogP contribution in [0.5, 0.6) is 0 Å². The molecule has 3 aromatic rings. The molecular weight excluding hydrogens is 458 g/mol. The van der Waals surface area contributed by atoms with E-state index in [1.165, 1.54) is 49.3 Å². The van der Waals surface area contributed by atoms with Gasteiger partial charge in [-0.2, -0.15) is 4.52 Å². The summed E-state index contributed by atoms with van der Waals surface area (Å²) < 4.78 is 1.87. The molecule has 8 nitrogen and oxygen atoms in total. The molecule has 0 unspecified atom stereocenters. The second-order valence-electron chi connectivity index (χ2n) is 10.6. The standard InChI is InChI=1S/C26H39N7OS/c1-19-11-9-12-20(17-19)22-23(29-26(2,3)4)33-24(28-22)35-25(30-33)31(5)18-21(34)27-13-10-16-32-14-7-6-8-15-32/h9,11-12,17,29H,6-8,10,13-16,18H2,1-5H3,(H,27,34). The van der Waals surface area contributed by atoms with Gasteiger partial charge in [-0.1, -0.05) is 41.5 Å². The zero-order valence-electron chi connectivity index (χ0n) is 21.7. The van der Waals surface area contributed by atoms with Gasteiger partial charge in [0.15, 0.2) is 5.82 Å². The van der Waals surface area contributed by atoms with Crippen LogP contribution in [0.15, 0.2) is 24.3 Å². The number of fused-ring (bicyclic) bond motifs is 1. The van der Waals surface area contributed by atoms with Crippen LogP contribution < -0.4 is 15.5 Å². The molecule has 0 saturated carbocycles. The molecule has 0 atom stereocenters. The largest absolute Gasteiger partial charge is 0.364 e. The smallest absolute Gasteiger partial charge is 0.239 e. The highest BCUT2D eigenvalue weighted by Crippen LogP contribution is 2.34. The summed E-state index contributed by atoms with van der Waals surface area (Å²) in [5.41, 5.74) is 2.99. The van der Waals surface area contributed by atoms with E-state index < -0.39 is 0 Å². The summed E-state index contributed by atoms with van der Waals surface area (Å²) in [4.78, 5) is 22.7. The summed E-state index contributed by atoms with van der Waals surface area (Å²) in [6.07, 6.45) is 4.94. The predicted octanol–water partition coefficient (Wildman–Crippen LogP) is 4.41. The maximum Gasteiger partial charge on any atom is 0.239 e. The number of anilines is 2. The van der Waals surface area contributed by atoms with Crippen molar-refractivity contribution in [2.45, 2.75) is 58.9 Å². The number of nitrogens with one attached hydrogen (secondary N) is 2. The van der Waals surface area contributed by atoms with Gasteiger partial charge in [0, 0.05) is 24.7 Å². The summed E-state index contributed by atoms with van der Waals surface area (Å²) in [7, 11) is 1.91. The molecule has 0 radical (unpaired) electrons. The van der Waals surface area contributed by atoms with Gasteiger partial charge in [-0.05, 0) is 72.7 Å². The lowest BCUT2D eigenvalue weighted by Gasteiger charge is -2.26. The lowest BCUT2D eigenvalue weighted by Crippen LogP contribution is -2.37. The number of piperidine rings is 1. The molecule has 35 heavy (non-hydrogen) atoms. The highest BCUT2D eigenvalue weighted by molar-refractivity contribution is 7.20. The quantitative estimate of drug-likeness (QED) is 0.427. The number of aromatic nitrogens is 3. The summed E-state index contributed by atoms with van der Waals surface area (Å²) in [6.45, 7) is 12.9. The number of hydrogen-bond donors (Lipinski definition) is 2. The topological polar surface area (TPSA) is 77.8 Å². The van der Waals surface area contributed by atoms with Crippen LogP contribution in [-0.4, -0.2) is 70.7 Å². The van der Waals surface area contributed by atoms with Gasteiger partial charge in [0.1, 0.15) is 5.69 Å². The third-order valence-corrected chi connectivity index (χ3v) is 7.13. The van der Waals surface area contributed by atoms with Crippen LogP contribution in [-0.2, 0) is 4.79 Å². The van der Waals surface area contributed by atoms with Crippen LogP contribution in [0.25, 0.3) is 16.2 Å². The molecule has 2 aromatic heterocycles. The van der Waals surface area contributed by atoms with Gasteiger partial charge >= 0.3 is 0 Å². The molecule has 1 saturated heterocycles. The summed E-state index contributed by atoms with van der Waals surface area (Å²) in [5, 5.41) is 12.2. The molecule has 1 fully saturated rings. The number of likely N-dealkylation sites (tertiary alicyclic amines) is 1. The van der Waals surface area contributed by atoms with Crippen LogP contribution in [0, 0.1) is 6.92 Å². The number of aryl methyl sites for hydroxylation is 1. The van der Waals surface area contributed by atoms with E-state index in [0.717, 1.165) is 40.1 Å². The summed E-state index contributed by atoms with van der Waals surface area (Å²) >= 11 is 1.49. The van der Waals surface area contributed by atoms with E-state index in [1.54, 1.807) is 0 Å². The van der Waals surface area contributed by atoms with E-state index in [9.17, 15) is 4.79 Å². The lowest BCUT2D eigenvalue weighted by molar-refractivity contribution is -0.119. The highest BCUT2D eigenvalue weighted by atomic mass is 32.1. The van der Waals surface area contributed by atoms with Crippen LogP contribution >= 0.6 is 11.3 Å². The number of rotatable bonds is 9. The number of likely N-dealkylation sites (N-methyl/N-ethyl adjacent to an activating group) is 1. The number of amides is 1. The summed E-state index contributed by atoms with van der Waals surface area (Å²) in [6, 6.07) is 8.36. The third kappa shape index (κ3) is 6.73. The Kier molecular flexibility index (Phi) is 7.96. The van der Waals surface area contributed by atoms with Crippen molar-refractivity contribution in [3.05, 3.63) is 29.8 Å². The van der Waals surface area contributed by atoms with Gasteiger partial charge in [-0.15, -0.1) is 5.10 Å². The molecule has 3 heterocycles. The Morgan fingerprint density at radius 2 is 1.97 bits per heavy atom. The predicted molar refractivity (Wildman–Crippen MR) is 146 cm³/mol. The SMILES string of the molecule is Cc1cccc(-c2nc3sc(N(C)CC(=O)NCCCN4CCCCC4)nn3c2NC(C)(C)C)c1. The van der Waals surface area contributed by atoms with Gasteiger partial charge in [0.05, 0.1) is 6.54 Å².